The lowest BCUT2D eigenvalue weighted by Crippen LogP contribution is -2.01. The van der Waals surface area contributed by atoms with E-state index in [0.29, 0.717) is 13.2 Å². The molecule has 1 aromatic carbocycles. The van der Waals surface area contributed by atoms with Crippen LogP contribution in [0.1, 0.15) is 12.5 Å². The molecular formula is C9H14O6S2. The molecule has 0 bridgehead atoms. The molecule has 17 heavy (non-hydrogen) atoms. The summed E-state index contributed by atoms with van der Waals surface area (Å²) >= 11 is -4.23. The van der Waals surface area contributed by atoms with Gasteiger partial charge >= 0.3 is 11.4 Å². The van der Waals surface area contributed by atoms with Crippen LogP contribution < -0.4 is 0 Å². The molecule has 0 radical (unpaired) electrons. The molecule has 0 fully saturated rings. The van der Waals surface area contributed by atoms with Crippen molar-refractivity contribution in [3.05, 3.63) is 35.9 Å². The zero-order chi connectivity index (χ0) is 13.1. The van der Waals surface area contributed by atoms with Gasteiger partial charge in [-0.1, -0.05) is 30.3 Å². The van der Waals surface area contributed by atoms with Crippen LogP contribution in [0, 0.1) is 0 Å². The Morgan fingerprint density at radius 3 is 2.12 bits per heavy atom. The highest BCUT2D eigenvalue weighted by molar-refractivity contribution is 7.75. The van der Waals surface area contributed by atoms with E-state index < -0.39 is 22.7 Å². The highest BCUT2D eigenvalue weighted by atomic mass is 32.2. The van der Waals surface area contributed by atoms with Crippen molar-refractivity contribution in [2.45, 2.75) is 13.5 Å². The van der Waals surface area contributed by atoms with E-state index in [1.165, 1.54) is 0 Å². The highest BCUT2D eigenvalue weighted by Crippen LogP contribution is 2.02. The predicted octanol–water partition coefficient (Wildman–Crippen LogP) is 1.50. The topological polar surface area (TPSA) is 93.1 Å². The Bertz CT molecular complexity index is 339. The average Bonchev–Trinajstić information content (AvgIpc) is 2.27. The summed E-state index contributed by atoms with van der Waals surface area (Å²) in [7, 11) is 0. The van der Waals surface area contributed by atoms with Crippen LogP contribution in [0.5, 0.6) is 0 Å². The first-order chi connectivity index (χ1) is 8.06. The normalized spacial score (nSPS) is 11.8. The Balaban J connectivity index is 0.000000557. The SMILES string of the molecule is CCOS(=O)OCc1ccccc1.O=S(O)O. The molecule has 98 valence electrons. The Morgan fingerprint density at radius 2 is 1.65 bits per heavy atom. The van der Waals surface area contributed by atoms with Crippen LogP contribution in [0.4, 0.5) is 0 Å². The molecule has 1 rings (SSSR count). The lowest BCUT2D eigenvalue weighted by molar-refractivity contribution is 0.251. The maximum atomic E-state index is 10.9. The number of rotatable bonds is 5. The quantitative estimate of drug-likeness (QED) is 0.795. The summed E-state index contributed by atoms with van der Waals surface area (Å²) in [5.74, 6) is 0. The zero-order valence-electron chi connectivity index (χ0n) is 9.14. The molecule has 2 N–H and O–H groups in total. The van der Waals surface area contributed by atoms with E-state index in [2.05, 4.69) is 0 Å². The van der Waals surface area contributed by atoms with Crippen molar-refractivity contribution >= 4 is 22.7 Å². The third-order valence-electron chi connectivity index (χ3n) is 1.38. The predicted molar refractivity (Wildman–Crippen MR) is 64.4 cm³/mol. The van der Waals surface area contributed by atoms with Crippen LogP contribution in [0.3, 0.4) is 0 Å². The van der Waals surface area contributed by atoms with Crippen LogP contribution in [-0.4, -0.2) is 24.1 Å². The molecule has 0 saturated carbocycles. The minimum Gasteiger partial charge on any atom is -0.284 e. The fourth-order valence-corrected chi connectivity index (χ4v) is 1.31. The van der Waals surface area contributed by atoms with Gasteiger partial charge in [-0.15, -0.1) is 0 Å². The van der Waals surface area contributed by atoms with Gasteiger partial charge in [-0.05, 0) is 12.5 Å². The van der Waals surface area contributed by atoms with E-state index >= 15 is 0 Å². The van der Waals surface area contributed by atoms with Crippen LogP contribution in [0.15, 0.2) is 30.3 Å². The summed E-state index contributed by atoms with van der Waals surface area (Å²) in [4.78, 5) is 0. The average molecular weight is 282 g/mol. The first kappa shape index (κ1) is 16.4. The standard InChI is InChI=1S/C9H12O3S.H2O3S/c1-2-11-13(10)12-8-9-6-4-3-5-7-9;1-4(2)3/h3-7H,2,8H2,1H3;(H2,1,2,3). The third kappa shape index (κ3) is 11.6. The molecule has 0 amide bonds. The fraction of sp³-hybridized carbons (Fsp3) is 0.333. The van der Waals surface area contributed by atoms with Gasteiger partial charge in [0.15, 0.2) is 0 Å². The largest absolute Gasteiger partial charge is 0.304 e. The van der Waals surface area contributed by atoms with Gasteiger partial charge in [0.2, 0.25) is 0 Å². The van der Waals surface area contributed by atoms with Crippen LogP contribution in [-0.2, 0) is 37.7 Å². The maximum Gasteiger partial charge on any atom is 0.304 e. The first-order valence-electron chi connectivity index (χ1n) is 4.58. The summed E-state index contributed by atoms with van der Waals surface area (Å²) in [5.41, 5.74) is 0.982. The van der Waals surface area contributed by atoms with Crippen LogP contribution in [0.2, 0.25) is 0 Å². The first-order valence-corrected chi connectivity index (χ1v) is 6.64. The van der Waals surface area contributed by atoms with E-state index in [9.17, 15) is 4.21 Å². The Morgan fingerprint density at radius 1 is 1.12 bits per heavy atom. The second kappa shape index (κ2) is 10.5. The van der Waals surface area contributed by atoms with Crippen molar-refractivity contribution in [3.8, 4) is 0 Å². The van der Waals surface area contributed by atoms with E-state index in [-0.39, 0.29) is 0 Å². The van der Waals surface area contributed by atoms with Gasteiger partial charge in [0.05, 0.1) is 13.2 Å². The molecule has 0 aliphatic carbocycles. The molecule has 0 aliphatic rings. The maximum absolute atomic E-state index is 10.9. The Labute approximate surface area is 105 Å². The number of hydrogen-bond acceptors (Lipinski definition) is 4. The van der Waals surface area contributed by atoms with Gasteiger partial charge in [0, 0.05) is 0 Å². The third-order valence-corrected chi connectivity index (χ3v) is 2.12. The highest BCUT2D eigenvalue weighted by Gasteiger charge is 1.99. The molecular weight excluding hydrogens is 268 g/mol. The molecule has 0 spiro atoms. The van der Waals surface area contributed by atoms with Gasteiger partial charge in [-0.25, -0.2) is 0 Å². The fourth-order valence-electron chi connectivity index (χ4n) is 0.821. The van der Waals surface area contributed by atoms with Gasteiger partial charge in [0.1, 0.15) is 0 Å². The van der Waals surface area contributed by atoms with E-state index in [1.807, 2.05) is 30.3 Å². The second-order valence-electron chi connectivity index (χ2n) is 2.59. The summed E-state index contributed by atoms with van der Waals surface area (Å²) in [6.45, 7) is 2.47. The molecule has 0 saturated heterocycles. The summed E-state index contributed by atoms with van der Waals surface area (Å²) < 4.78 is 43.3. The van der Waals surface area contributed by atoms with E-state index in [4.69, 9.17) is 21.7 Å². The molecule has 1 unspecified atom stereocenters. The molecule has 0 aliphatic heterocycles. The Hall–Kier alpha value is -0.640. The zero-order valence-corrected chi connectivity index (χ0v) is 10.8. The summed E-state index contributed by atoms with van der Waals surface area (Å²) in [5, 5.41) is 0. The second-order valence-corrected chi connectivity index (χ2v) is 3.93. The minimum absolute atomic E-state index is 0.313. The summed E-state index contributed by atoms with van der Waals surface area (Å²) in [6, 6.07) is 9.54. The van der Waals surface area contributed by atoms with Crippen molar-refractivity contribution in [3.63, 3.8) is 0 Å². The molecule has 1 atom stereocenters. The number of hydrogen-bond donors (Lipinski definition) is 2. The minimum atomic E-state index is -2.61. The Kier molecular flexibility index (Phi) is 10.1. The van der Waals surface area contributed by atoms with E-state index in [0.717, 1.165) is 5.56 Å². The molecule has 1 aromatic rings. The van der Waals surface area contributed by atoms with Crippen molar-refractivity contribution < 1.29 is 25.9 Å². The van der Waals surface area contributed by atoms with Gasteiger partial charge in [-0.2, -0.15) is 8.42 Å². The molecule has 8 heteroatoms. The van der Waals surface area contributed by atoms with Gasteiger partial charge in [-0.3, -0.25) is 17.5 Å². The van der Waals surface area contributed by atoms with Crippen LogP contribution in [0.25, 0.3) is 0 Å². The molecule has 6 nitrogen and oxygen atoms in total. The molecule has 0 heterocycles. The van der Waals surface area contributed by atoms with Gasteiger partial charge in [0.25, 0.3) is 11.4 Å². The van der Waals surface area contributed by atoms with E-state index in [1.54, 1.807) is 6.92 Å². The van der Waals surface area contributed by atoms with Crippen molar-refractivity contribution in [1.82, 2.24) is 0 Å². The van der Waals surface area contributed by atoms with Gasteiger partial charge < -0.3 is 0 Å². The summed E-state index contributed by atoms with van der Waals surface area (Å²) in [6.07, 6.45) is 0. The van der Waals surface area contributed by atoms with Crippen molar-refractivity contribution in [1.29, 1.82) is 0 Å². The monoisotopic (exact) mass is 282 g/mol. The smallest absolute Gasteiger partial charge is 0.284 e. The lowest BCUT2D eigenvalue weighted by Gasteiger charge is -2.01. The van der Waals surface area contributed by atoms with Crippen LogP contribution >= 0.6 is 0 Å². The molecule has 0 aromatic heterocycles. The van der Waals surface area contributed by atoms with Crippen molar-refractivity contribution in [2.24, 2.45) is 0 Å². The lowest BCUT2D eigenvalue weighted by atomic mass is 10.2. The van der Waals surface area contributed by atoms with Crippen molar-refractivity contribution in [2.75, 3.05) is 6.61 Å². The number of benzene rings is 1.